The lowest BCUT2D eigenvalue weighted by atomic mass is 10.1. The molecular weight excluding hydrogens is 242 g/mol. The standard InChI is InChI=1S/C15H17NO3/c1-11(2)8-13(17)14-9-15(16-19-14)18-10-12-6-4-3-5-7-12/h3-7,9,11H,8,10H2,1-2H3. The van der Waals surface area contributed by atoms with Crippen LogP contribution in [0.5, 0.6) is 5.88 Å². The van der Waals surface area contributed by atoms with Crippen molar-refractivity contribution in [2.45, 2.75) is 26.9 Å². The first-order chi connectivity index (χ1) is 9.15. The van der Waals surface area contributed by atoms with Crippen LogP contribution in [-0.2, 0) is 6.61 Å². The summed E-state index contributed by atoms with van der Waals surface area (Å²) in [5, 5.41) is 3.74. The van der Waals surface area contributed by atoms with Crippen LogP contribution in [0, 0.1) is 5.92 Å². The maximum atomic E-state index is 11.8. The molecule has 4 heteroatoms. The minimum Gasteiger partial charge on any atom is -0.471 e. The second kappa shape index (κ2) is 6.18. The number of rotatable bonds is 6. The third-order valence-electron chi connectivity index (χ3n) is 2.59. The Morgan fingerprint density at radius 3 is 2.74 bits per heavy atom. The molecule has 0 spiro atoms. The Morgan fingerprint density at radius 1 is 1.32 bits per heavy atom. The molecule has 0 aliphatic rings. The molecule has 100 valence electrons. The fraction of sp³-hybridized carbons (Fsp3) is 0.333. The van der Waals surface area contributed by atoms with Gasteiger partial charge in [0, 0.05) is 6.42 Å². The topological polar surface area (TPSA) is 52.3 Å². The number of ether oxygens (including phenoxy) is 1. The third-order valence-corrected chi connectivity index (χ3v) is 2.59. The molecule has 0 saturated carbocycles. The number of nitrogens with zero attached hydrogens (tertiary/aromatic N) is 1. The van der Waals surface area contributed by atoms with Crippen LogP contribution in [0.1, 0.15) is 36.4 Å². The Balaban J connectivity index is 1.92. The van der Waals surface area contributed by atoms with Crippen LogP contribution in [0.25, 0.3) is 0 Å². The van der Waals surface area contributed by atoms with Gasteiger partial charge in [0.2, 0.25) is 11.5 Å². The SMILES string of the molecule is CC(C)CC(=O)c1cc(OCc2ccccc2)no1. The number of benzene rings is 1. The van der Waals surface area contributed by atoms with Crippen LogP contribution in [0.4, 0.5) is 0 Å². The zero-order valence-electron chi connectivity index (χ0n) is 11.1. The molecule has 19 heavy (non-hydrogen) atoms. The number of aromatic nitrogens is 1. The van der Waals surface area contributed by atoms with E-state index in [1.807, 2.05) is 44.2 Å². The van der Waals surface area contributed by atoms with Gasteiger partial charge in [-0.05, 0) is 16.6 Å². The summed E-state index contributed by atoms with van der Waals surface area (Å²) in [6, 6.07) is 11.3. The minimum absolute atomic E-state index is 0.0444. The highest BCUT2D eigenvalue weighted by molar-refractivity contribution is 5.93. The maximum absolute atomic E-state index is 11.8. The van der Waals surface area contributed by atoms with Crippen LogP contribution in [-0.4, -0.2) is 10.9 Å². The van der Waals surface area contributed by atoms with Gasteiger partial charge in [-0.1, -0.05) is 44.2 Å². The van der Waals surface area contributed by atoms with Crippen LogP contribution < -0.4 is 4.74 Å². The van der Waals surface area contributed by atoms with E-state index in [9.17, 15) is 4.79 Å². The van der Waals surface area contributed by atoms with E-state index in [-0.39, 0.29) is 11.5 Å². The Labute approximate surface area is 112 Å². The van der Waals surface area contributed by atoms with Gasteiger partial charge < -0.3 is 9.26 Å². The fourth-order valence-electron chi connectivity index (χ4n) is 1.66. The van der Waals surface area contributed by atoms with Gasteiger partial charge in [-0.3, -0.25) is 4.79 Å². The summed E-state index contributed by atoms with van der Waals surface area (Å²) in [5.74, 6) is 0.857. The molecule has 2 aromatic rings. The van der Waals surface area contributed by atoms with E-state index in [4.69, 9.17) is 9.26 Å². The first-order valence-electron chi connectivity index (χ1n) is 6.32. The summed E-state index contributed by atoms with van der Waals surface area (Å²) < 4.78 is 10.5. The van der Waals surface area contributed by atoms with Gasteiger partial charge in [0.15, 0.2) is 0 Å². The molecule has 1 aromatic heterocycles. The van der Waals surface area contributed by atoms with E-state index in [1.54, 1.807) is 6.07 Å². The van der Waals surface area contributed by atoms with Crippen LogP contribution >= 0.6 is 0 Å². The van der Waals surface area contributed by atoms with E-state index in [1.165, 1.54) is 0 Å². The van der Waals surface area contributed by atoms with Gasteiger partial charge in [0.25, 0.3) is 5.88 Å². The maximum Gasteiger partial charge on any atom is 0.255 e. The van der Waals surface area contributed by atoms with Gasteiger partial charge >= 0.3 is 0 Å². The van der Waals surface area contributed by atoms with Gasteiger partial charge in [0.1, 0.15) is 6.61 Å². The quantitative estimate of drug-likeness (QED) is 0.745. The van der Waals surface area contributed by atoms with Crippen molar-refractivity contribution in [3.8, 4) is 5.88 Å². The summed E-state index contributed by atoms with van der Waals surface area (Å²) in [7, 11) is 0. The predicted molar refractivity (Wildman–Crippen MR) is 71.1 cm³/mol. The summed E-state index contributed by atoms with van der Waals surface area (Å²) in [6.45, 7) is 4.38. The molecule has 2 rings (SSSR count). The molecule has 0 aliphatic heterocycles. The molecule has 0 unspecified atom stereocenters. The van der Waals surface area contributed by atoms with Crippen LogP contribution in [0.15, 0.2) is 40.9 Å². The van der Waals surface area contributed by atoms with Gasteiger partial charge in [-0.2, -0.15) is 0 Å². The summed E-state index contributed by atoms with van der Waals surface area (Å²) in [4.78, 5) is 11.8. The lowest BCUT2D eigenvalue weighted by Gasteiger charge is -2.01. The van der Waals surface area contributed by atoms with E-state index in [0.717, 1.165) is 5.56 Å². The number of hydrogen-bond acceptors (Lipinski definition) is 4. The molecule has 0 atom stereocenters. The average molecular weight is 259 g/mol. The van der Waals surface area contributed by atoms with Crippen molar-refractivity contribution in [2.24, 2.45) is 5.92 Å². The fourth-order valence-corrected chi connectivity index (χ4v) is 1.66. The third kappa shape index (κ3) is 3.95. The Bertz CT molecular complexity index is 531. The molecule has 1 aromatic carbocycles. The molecule has 0 aliphatic carbocycles. The molecule has 0 N–H and O–H groups in total. The smallest absolute Gasteiger partial charge is 0.255 e. The van der Waals surface area contributed by atoms with Crippen molar-refractivity contribution in [1.82, 2.24) is 5.16 Å². The number of ketones is 1. The first kappa shape index (κ1) is 13.3. The molecule has 0 fully saturated rings. The lowest BCUT2D eigenvalue weighted by Crippen LogP contribution is -2.01. The van der Waals surface area contributed by atoms with Gasteiger partial charge in [0.05, 0.1) is 6.07 Å². The molecule has 0 amide bonds. The van der Waals surface area contributed by atoms with E-state index in [0.29, 0.717) is 24.8 Å². The first-order valence-corrected chi connectivity index (χ1v) is 6.32. The minimum atomic E-state index is -0.0444. The Morgan fingerprint density at radius 2 is 2.05 bits per heavy atom. The number of carbonyl (C=O) groups is 1. The van der Waals surface area contributed by atoms with Gasteiger partial charge in [-0.15, -0.1) is 0 Å². The molecule has 4 nitrogen and oxygen atoms in total. The largest absolute Gasteiger partial charge is 0.471 e. The zero-order valence-corrected chi connectivity index (χ0v) is 11.1. The molecule has 0 radical (unpaired) electrons. The van der Waals surface area contributed by atoms with Gasteiger partial charge in [-0.25, -0.2) is 0 Å². The normalized spacial score (nSPS) is 10.7. The highest BCUT2D eigenvalue weighted by Crippen LogP contribution is 2.16. The number of Topliss-reactive ketones (excluding diaryl/α,β-unsaturated/α-hetero) is 1. The van der Waals surface area contributed by atoms with Crippen molar-refractivity contribution in [2.75, 3.05) is 0 Å². The molecule has 0 bridgehead atoms. The van der Waals surface area contributed by atoms with Crippen molar-refractivity contribution in [3.05, 3.63) is 47.7 Å². The van der Waals surface area contributed by atoms with Crippen molar-refractivity contribution >= 4 is 5.78 Å². The summed E-state index contributed by atoms with van der Waals surface area (Å²) in [5.41, 5.74) is 1.04. The second-order valence-corrected chi connectivity index (χ2v) is 4.82. The highest BCUT2D eigenvalue weighted by Gasteiger charge is 2.15. The second-order valence-electron chi connectivity index (χ2n) is 4.82. The summed E-state index contributed by atoms with van der Waals surface area (Å²) >= 11 is 0. The Hall–Kier alpha value is -2.10. The van der Waals surface area contributed by atoms with E-state index >= 15 is 0 Å². The molecular formula is C15H17NO3. The molecule has 0 saturated heterocycles. The molecule has 1 heterocycles. The highest BCUT2D eigenvalue weighted by atomic mass is 16.5. The average Bonchev–Trinajstić information content (AvgIpc) is 2.86. The summed E-state index contributed by atoms with van der Waals surface area (Å²) in [6.07, 6.45) is 0.452. The number of carbonyl (C=O) groups excluding carboxylic acids is 1. The monoisotopic (exact) mass is 259 g/mol. The van der Waals surface area contributed by atoms with Crippen molar-refractivity contribution < 1.29 is 14.1 Å². The van der Waals surface area contributed by atoms with Crippen LogP contribution in [0.3, 0.4) is 0 Å². The number of hydrogen-bond donors (Lipinski definition) is 0. The van der Waals surface area contributed by atoms with E-state index < -0.39 is 0 Å². The van der Waals surface area contributed by atoms with Crippen molar-refractivity contribution in [1.29, 1.82) is 0 Å². The zero-order chi connectivity index (χ0) is 13.7. The predicted octanol–water partition coefficient (Wildman–Crippen LogP) is 3.48. The van der Waals surface area contributed by atoms with E-state index in [2.05, 4.69) is 5.16 Å². The van der Waals surface area contributed by atoms with Crippen molar-refractivity contribution in [3.63, 3.8) is 0 Å². The Kier molecular flexibility index (Phi) is 4.34. The lowest BCUT2D eigenvalue weighted by molar-refractivity contribution is 0.0931. The van der Waals surface area contributed by atoms with Crippen LogP contribution in [0.2, 0.25) is 0 Å².